The zero-order valence-electron chi connectivity index (χ0n) is 10.7. The van der Waals surface area contributed by atoms with Gasteiger partial charge in [0, 0.05) is 30.8 Å². The third-order valence-electron chi connectivity index (χ3n) is 3.21. The molecular formula is C14H17N3OS. The third-order valence-corrected chi connectivity index (χ3v) is 4.14. The minimum absolute atomic E-state index is 0.796. The van der Waals surface area contributed by atoms with Gasteiger partial charge in [0.05, 0.1) is 6.20 Å². The molecule has 1 saturated heterocycles. The van der Waals surface area contributed by atoms with E-state index in [1.54, 1.807) is 18.3 Å². The van der Waals surface area contributed by atoms with Gasteiger partial charge >= 0.3 is 0 Å². The molecule has 5 heteroatoms. The van der Waals surface area contributed by atoms with Crippen molar-refractivity contribution in [2.24, 2.45) is 0 Å². The second kappa shape index (κ2) is 6.12. The SMILES string of the molecule is c1ccc(-c2oncc2NSN2CCCCC2)cc1. The molecule has 1 aromatic heterocycles. The maximum absolute atomic E-state index is 5.35. The number of aromatic nitrogens is 1. The summed E-state index contributed by atoms with van der Waals surface area (Å²) in [5, 5.41) is 3.89. The lowest BCUT2D eigenvalue weighted by molar-refractivity contribution is 0.381. The first-order valence-electron chi connectivity index (χ1n) is 6.61. The lowest BCUT2D eigenvalue weighted by atomic mass is 10.1. The molecule has 100 valence electrons. The summed E-state index contributed by atoms with van der Waals surface area (Å²) in [6, 6.07) is 10.0. The highest BCUT2D eigenvalue weighted by Gasteiger charge is 2.14. The molecule has 1 aliphatic heterocycles. The van der Waals surface area contributed by atoms with Crippen LogP contribution in [0.25, 0.3) is 11.3 Å². The lowest BCUT2D eigenvalue weighted by Crippen LogP contribution is -2.24. The van der Waals surface area contributed by atoms with Crippen LogP contribution in [0, 0.1) is 0 Å². The normalized spacial score (nSPS) is 16.4. The Hall–Kier alpha value is -1.46. The summed E-state index contributed by atoms with van der Waals surface area (Å²) in [5.41, 5.74) is 1.98. The van der Waals surface area contributed by atoms with Gasteiger partial charge < -0.3 is 9.25 Å². The first-order chi connectivity index (χ1) is 9.43. The average Bonchev–Trinajstić information content (AvgIpc) is 2.95. The number of piperidine rings is 1. The quantitative estimate of drug-likeness (QED) is 0.859. The Morgan fingerprint density at radius 1 is 1.11 bits per heavy atom. The smallest absolute Gasteiger partial charge is 0.190 e. The molecule has 0 aliphatic carbocycles. The van der Waals surface area contributed by atoms with Gasteiger partial charge in [-0.3, -0.25) is 0 Å². The second-order valence-corrected chi connectivity index (χ2v) is 5.52. The van der Waals surface area contributed by atoms with Crippen LogP contribution in [0.1, 0.15) is 19.3 Å². The van der Waals surface area contributed by atoms with E-state index in [1.165, 1.54) is 19.3 Å². The highest BCUT2D eigenvalue weighted by atomic mass is 32.2. The first kappa shape index (κ1) is 12.6. The van der Waals surface area contributed by atoms with Crippen LogP contribution in [0.3, 0.4) is 0 Å². The van der Waals surface area contributed by atoms with Gasteiger partial charge in [-0.15, -0.1) is 0 Å². The predicted molar refractivity (Wildman–Crippen MR) is 78.6 cm³/mol. The van der Waals surface area contributed by atoms with Crippen molar-refractivity contribution in [1.82, 2.24) is 9.46 Å². The molecule has 0 spiro atoms. The van der Waals surface area contributed by atoms with Crippen LogP contribution in [0.2, 0.25) is 0 Å². The highest BCUT2D eigenvalue weighted by molar-refractivity contribution is 7.98. The van der Waals surface area contributed by atoms with Crippen LogP contribution in [0.4, 0.5) is 5.69 Å². The Morgan fingerprint density at radius 2 is 1.89 bits per heavy atom. The van der Waals surface area contributed by atoms with E-state index in [-0.39, 0.29) is 0 Å². The van der Waals surface area contributed by atoms with Crippen LogP contribution in [-0.4, -0.2) is 22.6 Å². The molecule has 0 saturated carbocycles. The number of anilines is 1. The molecule has 1 aliphatic rings. The van der Waals surface area contributed by atoms with E-state index in [4.69, 9.17) is 4.52 Å². The summed E-state index contributed by atoms with van der Waals surface area (Å²) >= 11 is 1.65. The van der Waals surface area contributed by atoms with Crippen LogP contribution < -0.4 is 4.72 Å². The molecule has 0 atom stereocenters. The molecule has 2 aromatic rings. The number of rotatable bonds is 4. The summed E-state index contributed by atoms with van der Waals surface area (Å²) in [7, 11) is 0. The van der Waals surface area contributed by atoms with Gasteiger partial charge in [0.1, 0.15) is 5.69 Å². The van der Waals surface area contributed by atoms with Crippen LogP contribution in [-0.2, 0) is 0 Å². The molecule has 0 unspecified atom stereocenters. The Bertz CT molecular complexity index is 508. The predicted octanol–water partition coefficient (Wildman–Crippen LogP) is 3.80. The molecule has 1 N–H and O–H groups in total. The fourth-order valence-electron chi connectivity index (χ4n) is 2.18. The van der Waals surface area contributed by atoms with Gasteiger partial charge in [-0.05, 0) is 12.8 Å². The van der Waals surface area contributed by atoms with Crippen molar-refractivity contribution >= 4 is 17.8 Å². The minimum atomic E-state index is 0.796. The standard InChI is InChI=1S/C14H17N3OS/c1-3-7-12(8-4-1)14-13(11-15-18-14)16-19-17-9-5-2-6-10-17/h1,3-4,7-8,11,16H,2,5-6,9-10H2. The van der Waals surface area contributed by atoms with E-state index < -0.39 is 0 Å². The molecule has 1 aromatic carbocycles. The second-order valence-electron chi connectivity index (χ2n) is 4.62. The monoisotopic (exact) mass is 275 g/mol. The fraction of sp³-hybridized carbons (Fsp3) is 0.357. The average molecular weight is 275 g/mol. The number of hydrogen-bond acceptors (Lipinski definition) is 5. The van der Waals surface area contributed by atoms with Crippen molar-refractivity contribution in [1.29, 1.82) is 0 Å². The number of hydrogen-bond donors (Lipinski definition) is 1. The summed E-state index contributed by atoms with van der Waals surface area (Å²) in [6.45, 7) is 2.28. The van der Waals surface area contributed by atoms with Gasteiger partial charge in [0.15, 0.2) is 5.76 Å². The molecule has 19 heavy (non-hydrogen) atoms. The fourth-order valence-corrected chi connectivity index (χ4v) is 2.99. The van der Waals surface area contributed by atoms with E-state index >= 15 is 0 Å². The summed E-state index contributed by atoms with van der Waals surface area (Å²) < 4.78 is 11.0. The molecule has 2 heterocycles. The van der Waals surface area contributed by atoms with Crippen molar-refractivity contribution < 1.29 is 4.52 Å². The third kappa shape index (κ3) is 3.11. The number of nitrogens with zero attached hydrogens (tertiary/aromatic N) is 2. The molecule has 3 rings (SSSR count). The van der Waals surface area contributed by atoms with Crippen molar-refractivity contribution in [3.05, 3.63) is 36.5 Å². The summed E-state index contributed by atoms with van der Waals surface area (Å²) in [5.74, 6) is 0.796. The van der Waals surface area contributed by atoms with Gasteiger partial charge in [-0.1, -0.05) is 41.9 Å². The van der Waals surface area contributed by atoms with Crippen LogP contribution in [0.15, 0.2) is 41.1 Å². The maximum atomic E-state index is 5.35. The summed E-state index contributed by atoms with van der Waals surface area (Å²) in [4.78, 5) is 0. The Balaban J connectivity index is 1.67. The van der Waals surface area contributed by atoms with Crippen LogP contribution >= 0.6 is 12.1 Å². The van der Waals surface area contributed by atoms with Gasteiger partial charge in [-0.2, -0.15) is 0 Å². The van der Waals surface area contributed by atoms with Gasteiger partial charge in [-0.25, -0.2) is 4.31 Å². The first-order valence-corrected chi connectivity index (χ1v) is 7.39. The molecular weight excluding hydrogens is 258 g/mol. The van der Waals surface area contributed by atoms with Crippen molar-refractivity contribution in [3.8, 4) is 11.3 Å². The zero-order valence-corrected chi connectivity index (χ0v) is 11.5. The molecule has 4 nitrogen and oxygen atoms in total. The van der Waals surface area contributed by atoms with Crippen molar-refractivity contribution in [3.63, 3.8) is 0 Å². The van der Waals surface area contributed by atoms with Crippen LogP contribution in [0.5, 0.6) is 0 Å². The summed E-state index contributed by atoms with van der Waals surface area (Å²) in [6.07, 6.45) is 5.65. The van der Waals surface area contributed by atoms with Crippen molar-refractivity contribution in [2.75, 3.05) is 17.8 Å². The number of nitrogens with one attached hydrogen (secondary N) is 1. The highest BCUT2D eigenvalue weighted by Crippen LogP contribution is 2.30. The molecule has 0 radical (unpaired) electrons. The van der Waals surface area contributed by atoms with E-state index in [1.807, 2.05) is 30.3 Å². The molecule has 0 amide bonds. The Kier molecular flexibility index (Phi) is 4.05. The lowest BCUT2D eigenvalue weighted by Gasteiger charge is -2.24. The molecule has 1 fully saturated rings. The number of benzene rings is 1. The molecule has 0 bridgehead atoms. The van der Waals surface area contributed by atoms with Crippen molar-refractivity contribution in [2.45, 2.75) is 19.3 Å². The van der Waals surface area contributed by atoms with Gasteiger partial charge in [0.2, 0.25) is 0 Å². The van der Waals surface area contributed by atoms with Gasteiger partial charge in [0.25, 0.3) is 0 Å². The maximum Gasteiger partial charge on any atom is 0.190 e. The van der Waals surface area contributed by atoms with E-state index in [9.17, 15) is 0 Å². The Morgan fingerprint density at radius 3 is 2.68 bits per heavy atom. The minimum Gasteiger partial charge on any atom is -0.354 e. The van der Waals surface area contributed by atoms with E-state index in [0.29, 0.717) is 0 Å². The topological polar surface area (TPSA) is 41.3 Å². The Labute approximate surface area is 117 Å². The van der Waals surface area contributed by atoms with E-state index in [0.717, 1.165) is 30.1 Å². The van der Waals surface area contributed by atoms with E-state index in [2.05, 4.69) is 14.2 Å². The largest absolute Gasteiger partial charge is 0.354 e. The zero-order chi connectivity index (χ0) is 12.9.